The Kier molecular flexibility index (Phi) is 4.39. The lowest BCUT2D eigenvalue weighted by Gasteiger charge is -2.31. The molecule has 0 amide bonds. The van der Waals surface area contributed by atoms with Crippen LogP contribution in [0.15, 0.2) is 24.3 Å². The van der Waals surface area contributed by atoms with Crippen LogP contribution in [0.2, 0.25) is 0 Å². The first-order valence-electron chi connectivity index (χ1n) is 7.93. The van der Waals surface area contributed by atoms with Gasteiger partial charge >= 0.3 is 0 Å². The molecular weight excluding hydrogens is 248 g/mol. The summed E-state index contributed by atoms with van der Waals surface area (Å²) in [5.74, 6) is 0.826. The van der Waals surface area contributed by atoms with Gasteiger partial charge in [-0.15, -0.1) is 0 Å². The summed E-state index contributed by atoms with van der Waals surface area (Å²) in [6.07, 6.45) is 4.12. The normalized spacial score (nSPS) is 26.2. The molecule has 0 bridgehead atoms. The van der Waals surface area contributed by atoms with Crippen molar-refractivity contribution in [1.82, 2.24) is 4.90 Å². The van der Waals surface area contributed by atoms with Crippen LogP contribution in [-0.4, -0.2) is 37.2 Å². The molecule has 3 nitrogen and oxygen atoms in total. The third-order valence-electron chi connectivity index (χ3n) is 4.52. The van der Waals surface area contributed by atoms with Crippen molar-refractivity contribution < 1.29 is 4.74 Å². The van der Waals surface area contributed by atoms with E-state index in [1.807, 2.05) is 0 Å². The molecule has 1 aliphatic carbocycles. The second-order valence-electron chi connectivity index (χ2n) is 6.22. The van der Waals surface area contributed by atoms with Gasteiger partial charge in [-0.2, -0.15) is 0 Å². The van der Waals surface area contributed by atoms with E-state index in [1.165, 1.54) is 24.0 Å². The molecule has 1 saturated heterocycles. The molecule has 0 aromatic heterocycles. The smallest absolute Gasteiger partial charge is 0.0674 e. The Morgan fingerprint density at radius 1 is 1.30 bits per heavy atom. The number of nitrogens with two attached hydrogens (primary N) is 1. The van der Waals surface area contributed by atoms with Crippen molar-refractivity contribution in [3.8, 4) is 0 Å². The molecule has 1 aromatic rings. The van der Waals surface area contributed by atoms with Crippen LogP contribution in [0, 0.1) is 0 Å². The maximum atomic E-state index is 6.06. The summed E-state index contributed by atoms with van der Waals surface area (Å²) in [6.45, 7) is 5.76. The van der Waals surface area contributed by atoms with Crippen LogP contribution >= 0.6 is 0 Å². The highest BCUT2D eigenvalue weighted by Gasteiger charge is 2.25. The van der Waals surface area contributed by atoms with Crippen LogP contribution in [0.3, 0.4) is 0 Å². The molecule has 2 N–H and O–H groups in total. The largest absolute Gasteiger partial charge is 0.377 e. The lowest BCUT2D eigenvalue weighted by Crippen LogP contribution is -2.37. The highest BCUT2D eigenvalue weighted by Crippen LogP contribution is 2.40. The third kappa shape index (κ3) is 3.22. The number of nitrogens with zero attached hydrogens (tertiary/aromatic N) is 1. The summed E-state index contributed by atoms with van der Waals surface area (Å²) in [5, 5.41) is 0. The van der Waals surface area contributed by atoms with E-state index >= 15 is 0 Å². The van der Waals surface area contributed by atoms with Crippen molar-refractivity contribution in [2.24, 2.45) is 5.73 Å². The summed E-state index contributed by atoms with van der Waals surface area (Å²) in [7, 11) is 0. The van der Waals surface area contributed by atoms with E-state index in [-0.39, 0.29) is 0 Å². The molecule has 3 heteroatoms. The first-order chi connectivity index (χ1) is 9.78. The van der Waals surface area contributed by atoms with E-state index in [2.05, 4.69) is 36.1 Å². The zero-order chi connectivity index (χ0) is 13.9. The molecule has 1 saturated carbocycles. The quantitative estimate of drug-likeness (QED) is 0.917. The zero-order valence-corrected chi connectivity index (χ0v) is 12.4. The van der Waals surface area contributed by atoms with Gasteiger partial charge in [0.05, 0.1) is 6.10 Å². The highest BCUT2D eigenvalue weighted by molar-refractivity contribution is 5.30. The van der Waals surface area contributed by atoms with Crippen molar-refractivity contribution in [3.05, 3.63) is 35.4 Å². The zero-order valence-electron chi connectivity index (χ0n) is 12.4. The molecule has 1 heterocycles. The lowest BCUT2D eigenvalue weighted by molar-refractivity contribution is 0.0612. The Hall–Kier alpha value is -0.900. The van der Waals surface area contributed by atoms with Gasteiger partial charge in [0, 0.05) is 32.3 Å². The molecule has 2 fully saturated rings. The molecule has 0 radical (unpaired) electrons. The Bertz CT molecular complexity index is 427. The summed E-state index contributed by atoms with van der Waals surface area (Å²) in [6, 6.07) is 9.48. The number of hydrogen-bond donors (Lipinski definition) is 1. The van der Waals surface area contributed by atoms with E-state index in [4.69, 9.17) is 10.5 Å². The fraction of sp³-hybridized carbons (Fsp3) is 0.647. The van der Waals surface area contributed by atoms with Crippen LogP contribution in [0.25, 0.3) is 0 Å². The summed E-state index contributed by atoms with van der Waals surface area (Å²) in [4.78, 5) is 2.49. The molecule has 2 unspecified atom stereocenters. The fourth-order valence-electron chi connectivity index (χ4n) is 3.21. The van der Waals surface area contributed by atoms with Crippen LogP contribution in [0.5, 0.6) is 0 Å². The van der Waals surface area contributed by atoms with Crippen LogP contribution in [0.4, 0.5) is 0 Å². The van der Waals surface area contributed by atoms with Crippen molar-refractivity contribution in [1.29, 1.82) is 0 Å². The maximum absolute atomic E-state index is 6.06. The SMILES string of the molecule is CC1CN(C(CN)c2ccc(C3CC3)cc2)CCCO1. The van der Waals surface area contributed by atoms with E-state index in [1.54, 1.807) is 0 Å². The van der Waals surface area contributed by atoms with E-state index in [0.717, 1.165) is 32.0 Å². The van der Waals surface area contributed by atoms with Gasteiger partial charge in [0.25, 0.3) is 0 Å². The topological polar surface area (TPSA) is 38.5 Å². The molecule has 1 aliphatic heterocycles. The third-order valence-corrected chi connectivity index (χ3v) is 4.52. The van der Waals surface area contributed by atoms with Gasteiger partial charge in [0.1, 0.15) is 0 Å². The fourth-order valence-corrected chi connectivity index (χ4v) is 3.21. The first kappa shape index (κ1) is 14.1. The number of rotatable bonds is 4. The molecule has 2 atom stereocenters. The Morgan fingerprint density at radius 2 is 2.05 bits per heavy atom. The average molecular weight is 274 g/mol. The predicted octanol–water partition coefficient (Wildman–Crippen LogP) is 2.67. The van der Waals surface area contributed by atoms with Gasteiger partial charge in [0.2, 0.25) is 0 Å². The van der Waals surface area contributed by atoms with E-state index in [9.17, 15) is 0 Å². The molecule has 1 aromatic carbocycles. The van der Waals surface area contributed by atoms with Crippen LogP contribution in [0.1, 0.15) is 49.3 Å². The van der Waals surface area contributed by atoms with E-state index < -0.39 is 0 Å². The minimum Gasteiger partial charge on any atom is -0.377 e. The van der Waals surface area contributed by atoms with Gasteiger partial charge in [0.15, 0.2) is 0 Å². The summed E-state index contributed by atoms with van der Waals surface area (Å²) < 4.78 is 5.74. The first-order valence-corrected chi connectivity index (χ1v) is 7.93. The van der Waals surface area contributed by atoms with Gasteiger partial charge in [-0.3, -0.25) is 4.90 Å². The van der Waals surface area contributed by atoms with Gasteiger partial charge < -0.3 is 10.5 Å². The second kappa shape index (κ2) is 6.25. The van der Waals surface area contributed by atoms with Gasteiger partial charge in [-0.25, -0.2) is 0 Å². The van der Waals surface area contributed by atoms with Gasteiger partial charge in [-0.05, 0) is 43.2 Å². The Morgan fingerprint density at radius 3 is 2.70 bits per heavy atom. The number of hydrogen-bond acceptors (Lipinski definition) is 3. The molecule has 20 heavy (non-hydrogen) atoms. The Balaban J connectivity index is 1.73. The van der Waals surface area contributed by atoms with Crippen LogP contribution < -0.4 is 5.73 Å². The van der Waals surface area contributed by atoms with E-state index in [0.29, 0.717) is 18.7 Å². The highest BCUT2D eigenvalue weighted by atomic mass is 16.5. The maximum Gasteiger partial charge on any atom is 0.0674 e. The average Bonchev–Trinajstić information content (AvgIpc) is 3.29. The van der Waals surface area contributed by atoms with Crippen molar-refractivity contribution >= 4 is 0 Å². The molecule has 2 aliphatic rings. The number of ether oxygens (including phenoxy) is 1. The minimum absolute atomic E-state index is 0.303. The van der Waals surface area contributed by atoms with Gasteiger partial charge in [-0.1, -0.05) is 24.3 Å². The second-order valence-corrected chi connectivity index (χ2v) is 6.22. The summed E-state index contributed by atoms with van der Waals surface area (Å²) in [5.41, 5.74) is 8.91. The van der Waals surface area contributed by atoms with Crippen molar-refractivity contribution in [2.45, 2.75) is 44.2 Å². The minimum atomic E-state index is 0.303. The van der Waals surface area contributed by atoms with Crippen LogP contribution in [-0.2, 0) is 4.74 Å². The summed E-state index contributed by atoms with van der Waals surface area (Å²) >= 11 is 0. The number of benzene rings is 1. The predicted molar refractivity (Wildman–Crippen MR) is 81.8 cm³/mol. The lowest BCUT2D eigenvalue weighted by atomic mass is 10.0. The molecule has 0 spiro atoms. The van der Waals surface area contributed by atoms with Crippen molar-refractivity contribution in [2.75, 3.05) is 26.2 Å². The monoisotopic (exact) mass is 274 g/mol. The molecule has 110 valence electrons. The molecule has 3 rings (SSSR count). The molecular formula is C17H26N2O. The standard InChI is InChI=1S/C17H26N2O/c1-13-12-19(9-2-10-20-13)17(11-18)16-7-5-15(6-8-16)14-3-4-14/h5-8,13-14,17H,2-4,9-12,18H2,1H3. The van der Waals surface area contributed by atoms with Crippen molar-refractivity contribution in [3.63, 3.8) is 0 Å². The Labute approximate surface area is 122 Å².